The van der Waals surface area contributed by atoms with Crippen molar-refractivity contribution in [2.75, 3.05) is 4.90 Å². The highest BCUT2D eigenvalue weighted by atomic mass is 19.1. The molecule has 9 heteroatoms. The highest BCUT2D eigenvalue weighted by Crippen LogP contribution is 2.44. The predicted molar refractivity (Wildman–Crippen MR) is 122 cm³/mol. The van der Waals surface area contributed by atoms with Gasteiger partial charge in [0, 0.05) is 17.3 Å². The first-order valence-corrected chi connectivity index (χ1v) is 10.2. The molecule has 1 atom stereocenters. The number of hydrogen-bond acceptors (Lipinski definition) is 6. The second kappa shape index (κ2) is 8.43. The Hall–Kier alpha value is -4.53. The summed E-state index contributed by atoms with van der Waals surface area (Å²) in [6.07, 6.45) is 0. The zero-order chi connectivity index (χ0) is 24.7. The van der Waals surface area contributed by atoms with Crippen LogP contribution in [0.2, 0.25) is 0 Å². The largest absolute Gasteiger partial charge is 0.507 e. The summed E-state index contributed by atoms with van der Waals surface area (Å²) in [4.78, 5) is 37.9. The van der Waals surface area contributed by atoms with E-state index in [1.165, 1.54) is 18.2 Å². The summed E-state index contributed by atoms with van der Waals surface area (Å²) in [7, 11) is 0. The molecule has 0 aliphatic carbocycles. The summed E-state index contributed by atoms with van der Waals surface area (Å²) in [6.45, 7) is 3.51. The second-order valence-electron chi connectivity index (χ2n) is 7.97. The molecule has 1 unspecified atom stereocenters. The Morgan fingerprint density at radius 3 is 2.47 bits per heavy atom. The molecule has 8 nitrogen and oxygen atoms in total. The number of rotatable bonds is 4. The molecule has 0 bridgehead atoms. The molecule has 0 spiro atoms. The number of nitrogens with zero attached hydrogens (tertiary/aromatic N) is 2. The molecule has 1 amide bonds. The van der Waals surface area contributed by atoms with Gasteiger partial charge in [-0.1, -0.05) is 29.8 Å². The van der Waals surface area contributed by atoms with Gasteiger partial charge in [0.2, 0.25) is 0 Å². The van der Waals surface area contributed by atoms with E-state index in [0.29, 0.717) is 11.1 Å². The number of nitro benzene ring substituents is 1. The number of aryl methyl sites for hydroxylation is 2. The zero-order valence-electron chi connectivity index (χ0n) is 18.2. The van der Waals surface area contributed by atoms with Crippen LogP contribution in [0.5, 0.6) is 5.75 Å². The lowest BCUT2D eigenvalue weighted by molar-refractivity contribution is -0.385. The fourth-order valence-electron chi connectivity index (χ4n) is 4.03. The van der Waals surface area contributed by atoms with Crippen LogP contribution in [0.4, 0.5) is 15.8 Å². The molecule has 3 aromatic carbocycles. The van der Waals surface area contributed by atoms with E-state index in [4.69, 9.17) is 0 Å². The van der Waals surface area contributed by atoms with Crippen molar-refractivity contribution < 1.29 is 29.1 Å². The number of anilines is 1. The van der Waals surface area contributed by atoms with Gasteiger partial charge in [0.15, 0.2) is 5.75 Å². The van der Waals surface area contributed by atoms with Gasteiger partial charge in [0.25, 0.3) is 11.7 Å². The normalized spacial score (nSPS) is 17.3. The summed E-state index contributed by atoms with van der Waals surface area (Å²) in [5, 5.41) is 32.5. The van der Waals surface area contributed by atoms with Crippen LogP contribution in [0.1, 0.15) is 28.3 Å². The molecule has 0 saturated carbocycles. The van der Waals surface area contributed by atoms with Crippen molar-refractivity contribution in [2.45, 2.75) is 19.9 Å². The highest BCUT2D eigenvalue weighted by Gasteiger charge is 2.47. The topological polar surface area (TPSA) is 121 Å². The molecule has 1 saturated heterocycles. The first-order valence-electron chi connectivity index (χ1n) is 10.2. The van der Waals surface area contributed by atoms with Crippen LogP contribution >= 0.6 is 0 Å². The summed E-state index contributed by atoms with van der Waals surface area (Å²) >= 11 is 0. The van der Waals surface area contributed by atoms with Crippen molar-refractivity contribution in [3.8, 4) is 5.75 Å². The van der Waals surface area contributed by atoms with Crippen molar-refractivity contribution in [3.63, 3.8) is 0 Å². The number of hydrogen-bond donors (Lipinski definition) is 2. The van der Waals surface area contributed by atoms with Crippen LogP contribution in [0.15, 0.2) is 66.2 Å². The van der Waals surface area contributed by atoms with Crippen molar-refractivity contribution in [1.82, 2.24) is 0 Å². The lowest BCUT2D eigenvalue weighted by Crippen LogP contribution is -2.29. The van der Waals surface area contributed by atoms with Gasteiger partial charge in [-0.25, -0.2) is 4.39 Å². The summed E-state index contributed by atoms with van der Waals surface area (Å²) < 4.78 is 14.0. The minimum atomic E-state index is -1.30. The molecule has 0 aromatic heterocycles. The van der Waals surface area contributed by atoms with E-state index in [1.54, 1.807) is 26.0 Å². The van der Waals surface area contributed by atoms with Gasteiger partial charge in [-0.15, -0.1) is 0 Å². The smallest absolute Gasteiger partial charge is 0.311 e. The lowest BCUT2D eigenvalue weighted by atomic mass is 9.93. The number of aliphatic hydroxyl groups is 1. The molecular formula is C25H19FN2O6. The van der Waals surface area contributed by atoms with Crippen LogP contribution in [0, 0.1) is 29.8 Å². The lowest BCUT2D eigenvalue weighted by Gasteiger charge is -2.25. The summed E-state index contributed by atoms with van der Waals surface area (Å²) in [5.74, 6) is -3.78. The monoisotopic (exact) mass is 462 g/mol. The third-order valence-electron chi connectivity index (χ3n) is 5.69. The van der Waals surface area contributed by atoms with Gasteiger partial charge in [0.05, 0.1) is 16.5 Å². The fraction of sp³-hybridized carbons (Fsp3) is 0.120. The zero-order valence-corrected chi connectivity index (χ0v) is 18.2. The predicted octanol–water partition coefficient (Wildman–Crippen LogP) is 4.68. The minimum Gasteiger partial charge on any atom is -0.507 e. The highest BCUT2D eigenvalue weighted by molar-refractivity contribution is 6.51. The Morgan fingerprint density at radius 2 is 1.79 bits per heavy atom. The molecule has 2 N–H and O–H groups in total. The average molecular weight is 462 g/mol. The van der Waals surface area contributed by atoms with Crippen LogP contribution in [0.25, 0.3) is 5.76 Å². The SMILES string of the molecule is Cc1ccc(C)c(/C(O)=C2\C(=O)C(=O)N(c3cccc(F)c3)C2c2ccc(O)c([N+](=O)[O-])c2)c1. The van der Waals surface area contributed by atoms with E-state index in [1.807, 2.05) is 6.07 Å². The first kappa shape index (κ1) is 22.7. The summed E-state index contributed by atoms with van der Waals surface area (Å²) in [5.41, 5.74) is 0.911. The number of phenols is 1. The third kappa shape index (κ3) is 3.77. The standard InChI is InChI=1S/C25H19FN2O6/c1-13-6-7-14(2)18(10-13)23(30)21-22(15-8-9-20(29)19(11-15)28(33)34)27(25(32)24(21)31)17-5-3-4-16(26)12-17/h3-12,22,29-30H,1-2H3/b23-21+. The molecule has 1 heterocycles. The second-order valence-corrected chi connectivity index (χ2v) is 7.97. The molecule has 0 radical (unpaired) electrons. The number of phenolic OH excluding ortho intramolecular Hbond substituents is 1. The molecule has 3 aromatic rings. The van der Waals surface area contributed by atoms with Crippen LogP contribution in [-0.2, 0) is 9.59 Å². The van der Waals surface area contributed by atoms with Gasteiger partial charge >= 0.3 is 5.69 Å². The van der Waals surface area contributed by atoms with Crippen molar-refractivity contribution in [3.05, 3.63) is 104 Å². The van der Waals surface area contributed by atoms with E-state index < -0.39 is 45.7 Å². The molecule has 1 fully saturated rings. The van der Waals surface area contributed by atoms with E-state index in [9.17, 15) is 34.3 Å². The maximum Gasteiger partial charge on any atom is 0.311 e. The average Bonchev–Trinajstić information content (AvgIpc) is 3.05. The van der Waals surface area contributed by atoms with Gasteiger partial charge < -0.3 is 10.2 Å². The van der Waals surface area contributed by atoms with Gasteiger partial charge in [-0.3, -0.25) is 24.6 Å². The Kier molecular flexibility index (Phi) is 5.62. The Morgan fingerprint density at radius 1 is 1.06 bits per heavy atom. The van der Waals surface area contributed by atoms with Gasteiger partial charge in [-0.05, 0) is 55.3 Å². The molecule has 1 aliphatic rings. The maximum absolute atomic E-state index is 14.0. The van der Waals surface area contributed by atoms with E-state index in [0.717, 1.165) is 34.7 Å². The van der Waals surface area contributed by atoms with E-state index >= 15 is 0 Å². The van der Waals surface area contributed by atoms with Crippen molar-refractivity contribution in [1.29, 1.82) is 0 Å². The Labute approximate surface area is 193 Å². The van der Waals surface area contributed by atoms with Gasteiger partial charge in [0.1, 0.15) is 11.6 Å². The third-order valence-corrected chi connectivity index (χ3v) is 5.69. The molecule has 1 aliphatic heterocycles. The Bertz CT molecular complexity index is 1400. The van der Waals surface area contributed by atoms with Crippen LogP contribution in [-0.4, -0.2) is 26.8 Å². The molecule has 4 rings (SSSR count). The number of ketones is 1. The minimum absolute atomic E-state index is 0.0304. The van der Waals surface area contributed by atoms with Crippen molar-refractivity contribution in [2.24, 2.45) is 0 Å². The Balaban J connectivity index is 2.03. The number of carbonyl (C=O) groups is 2. The van der Waals surface area contributed by atoms with Crippen LogP contribution in [0.3, 0.4) is 0 Å². The number of aliphatic hydroxyl groups excluding tert-OH is 1. The number of halogens is 1. The number of benzene rings is 3. The quantitative estimate of drug-likeness (QED) is 0.191. The fourth-order valence-corrected chi connectivity index (χ4v) is 4.03. The number of aromatic hydroxyl groups is 1. The number of amides is 1. The number of nitro groups is 1. The van der Waals surface area contributed by atoms with Gasteiger partial charge in [-0.2, -0.15) is 0 Å². The molecule has 34 heavy (non-hydrogen) atoms. The molecular weight excluding hydrogens is 443 g/mol. The number of carbonyl (C=O) groups excluding carboxylic acids is 2. The van der Waals surface area contributed by atoms with Crippen LogP contribution < -0.4 is 4.90 Å². The number of Topliss-reactive ketones (excluding diaryl/α,β-unsaturated/α-hetero) is 1. The maximum atomic E-state index is 14.0. The summed E-state index contributed by atoms with van der Waals surface area (Å²) in [6, 6.07) is 12.3. The molecule has 172 valence electrons. The van der Waals surface area contributed by atoms with E-state index in [-0.39, 0.29) is 16.8 Å². The first-order chi connectivity index (χ1) is 16.1. The van der Waals surface area contributed by atoms with Crippen molar-refractivity contribution >= 4 is 28.8 Å². The van der Waals surface area contributed by atoms with E-state index in [2.05, 4.69) is 0 Å².